The maximum absolute atomic E-state index is 11.1. The van der Waals surface area contributed by atoms with Crippen molar-refractivity contribution in [2.45, 2.75) is 19.3 Å². The van der Waals surface area contributed by atoms with Crippen LogP contribution in [0.1, 0.15) is 19.3 Å². The number of fused-ring (bicyclic) bond motifs is 2. The molecule has 2 rings (SSSR count). The van der Waals surface area contributed by atoms with Crippen molar-refractivity contribution >= 4 is 11.9 Å². The molecule has 2 bridgehead atoms. The standard InChI is InChI=1S/C12H19NO4/c1-13-5-8-2-7(12(16)17)3-9(6-13)10(8)4-11(14)15/h7-10H,2-6H2,1H3,(H,14,15)(H,16,17). The van der Waals surface area contributed by atoms with Crippen molar-refractivity contribution in [3.63, 3.8) is 0 Å². The average Bonchev–Trinajstić information content (AvgIpc) is 2.17. The summed E-state index contributed by atoms with van der Waals surface area (Å²) >= 11 is 0. The third kappa shape index (κ3) is 2.60. The van der Waals surface area contributed by atoms with Gasteiger partial charge in [-0.1, -0.05) is 0 Å². The minimum absolute atomic E-state index is 0.166. The Morgan fingerprint density at radius 1 is 1.18 bits per heavy atom. The molecule has 1 aliphatic carbocycles. The first-order valence-electron chi connectivity index (χ1n) is 6.10. The maximum Gasteiger partial charge on any atom is 0.306 e. The molecule has 0 amide bonds. The van der Waals surface area contributed by atoms with Crippen LogP contribution < -0.4 is 0 Å². The van der Waals surface area contributed by atoms with Crippen molar-refractivity contribution in [3.8, 4) is 0 Å². The lowest BCUT2D eigenvalue weighted by Crippen LogP contribution is -2.50. The van der Waals surface area contributed by atoms with Gasteiger partial charge in [0, 0.05) is 19.5 Å². The molecule has 2 aliphatic rings. The molecular weight excluding hydrogens is 222 g/mol. The summed E-state index contributed by atoms with van der Waals surface area (Å²) in [7, 11) is 2.03. The summed E-state index contributed by atoms with van der Waals surface area (Å²) in [5.41, 5.74) is 0. The average molecular weight is 241 g/mol. The Morgan fingerprint density at radius 2 is 1.71 bits per heavy atom. The number of carbonyl (C=O) groups is 2. The van der Waals surface area contributed by atoms with Gasteiger partial charge in [0.1, 0.15) is 0 Å². The Labute approximate surface area is 100 Å². The maximum atomic E-state index is 11.1. The summed E-state index contributed by atoms with van der Waals surface area (Å²) < 4.78 is 0. The first kappa shape index (κ1) is 12.4. The zero-order valence-corrected chi connectivity index (χ0v) is 10.0. The van der Waals surface area contributed by atoms with Gasteiger partial charge in [-0.2, -0.15) is 0 Å². The Bertz CT molecular complexity index is 314. The third-order valence-electron chi connectivity index (χ3n) is 4.24. The molecule has 2 fully saturated rings. The molecule has 0 aromatic carbocycles. The summed E-state index contributed by atoms with van der Waals surface area (Å²) in [6.45, 7) is 1.66. The number of rotatable bonds is 3. The van der Waals surface area contributed by atoms with Crippen molar-refractivity contribution in [1.29, 1.82) is 0 Å². The van der Waals surface area contributed by atoms with Crippen molar-refractivity contribution in [2.75, 3.05) is 20.1 Å². The van der Waals surface area contributed by atoms with Gasteiger partial charge >= 0.3 is 11.9 Å². The number of carboxylic acid groups (broad SMARTS) is 2. The van der Waals surface area contributed by atoms with E-state index in [1.54, 1.807) is 0 Å². The van der Waals surface area contributed by atoms with Crippen molar-refractivity contribution < 1.29 is 19.8 Å². The normalized spacial score (nSPS) is 37.7. The van der Waals surface area contributed by atoms with Crippen LogP contribution >= 0.6 is 0 Å². The second kappa shape index (κ2) is 4.64. The van der Waals surface area contributed by atoms with Crippen LogP contribution in [0.4, 0.5) is 0 Å². The number of hydrogen-bond acceptors (Lipinski definition) is 3. The van der Waals surface area contributed by atoms with Crippen LogP contribution in [0.2, 0.25) is 0 Å². The molecule has 2 atom stereocenters. The predicted molar refractivity (Wildman–Crippen MR) is 60.6 cm³/mol. The van der Waals surface area contributed by atoms with Crippen LogP contribution in [0.5, 0.6) is 0 Å². The van der Waals surface area contributed by atoms with Gasteiger partial charge in [0.2, 0.25) is 0 Å². The van der Waals surface area contributed by atoms with Crippen molar-refractivity contribution in [1.82, 2.24) is 4.90 Å². The smallest absolute Gasteiger partial charge is 0.306 e. The van der Waals surface area contributed by atoms with Gasteiger partial charge in [-0.3, -0.25) is 9.59 Å². The van der Waals surface area contributed by atoms with Gasteiger partial charge < -0.3 is 15.1 Å². The fourth-order valence-electron chi connectivity index (χ4n) is 3.59. The van der Waals surface area contributed by atoms with Crippen molar-refractivity contribution in [3.05, 3.63) is 0 Å². The highest BCUT2D eigenvalue weighted by Gasteiger charge is 2.44. The molecule has 96 valence electrons. The summed E-state index contributed by atoms with van der Waals surface area (Å²) in [6.07, 6.45) is 1.46. The summed E-state index contributed by atoms with van der Waals surface area (Å²) in [5, 5.41) is 18.0. The molecule has 2 N–H and O–H groups in total. The van der Waals surface area contributed by atoms with Crippen molar-refractivity contribution in [2.24, 2.45) is 23.7 Å². The zero-order chi connectivity index (χ0) is 12.6. The van der Waals surface area contributed by atoms with E-state index in [-0.39, 0.29) is 30.1 Å². The number of nitrogens with zero attached hydrogens (tertiary/aromatic N) is 1. The van der Waals surface area contributed by atoms with Gasteiger partial charge in [0.15, 0.2) is 0 Å². The van der Waals surface area contributed by atoms with Crippen LogP contribution in [0.25, 0.3) is 0 Å². The lowest BCUT2D eigenvalue weighted by Gasteiger charge is -2.47. The topological polar surface area (TPSA) is 77.8 Å². The summed E-state index contributed by atoms with van der Waals surface area (Å²) in [5.74, 6) is -1.14. The molecule has 2 unspecified atom stereocenters. The van der Waals surface area contributed by atoms with Gasteiger partial charge in [0.05, 0.1) is 5.92 Å². The molecule has 1 aliphatic heterocycles. The molecule has 0 spiro atoms. The van der Waals surface area contributed by atoms with Gasteiger partial charge in [0.25, 0.3) is 0 Å². The zero-order valence-electron chi connectivity index (χ0n) is 10.0. The first-order valence-corrected chi connectivity index (χ1v) is 6.10. The number of likely N-dealkylation sites (tertiary alicyclic amines) is 1. The second-order valence-corrected chi connectivity index (χ2v) is 5.51. The molecular formula is C12H19NO4. The highest BCUT2D eigenvalue weighted by Crippen LogP contribution is 2.43. The van der Waals surface area contributed by atoms with E-state index in [9.17, 15) is 9.59 Å². The Kier molecular flexibility index (Phi) is 3.38. The summed E-state index contributed by atoms with van der Waals surface area (Å²) in [4.78, 5) is 24.1. The fourth-order valence-corrected chi connectivity index (χ4v) is 3.59. The Hall–Kier alpha value is -1.10. The molecule has 0 aromatic rings. The Morgan fingerprint density at radius 3 is 2.12 bits per heavy atom. The minimum atomic E-state index is -0.761. The predicted octanol–water partition coefficient (Wildman–Crippen LogP) is 0.750. The molecule has 1 saturated carbocycles. The molecule has 1 saturated heterocycles. The molecule has 5 heteroatoms. The van der Waals surface area contributed by atoms with E-state index < -0.39 is 11.9 Å². The number of carboxylic acids is 2. The molecule has 17 heavy (non-hydrogen) atoms. The van der Waals surface area contributed by atoms with Crippen LogP contribution in [0, 0.1) is 23.7 Å². The van der Waals surface area contributed by atoms with E-state index in [0.717, 1.165) is 13.1 Å². The largest absolute Gasteiger partial charge is 0.481 e. The second-order valence-electron chi connectivity index (χ2n) is 5.51. The van der Waals surface area contributed by atoms with Crippen LogP contribution in [-0.4, -0.2) is 47.2 Å². The quantitative estimate of drug-likeness (QED) is 0.762. The molecule has 0 radical (unpaired) electrons. The molecule has 5 nitrogen and oxygen atoms in total. The van der Waals surface area contributed by atoms with Gasteiger partial charge in [-0.25, -0.2) is 0 Å². The van der Waals surface area contributed by atoms with E-state index in [4.69, 9.17) is 10.2 Å². The van der Waals surface area contributed by atoms with Gasteiger partial charge in [-0.05, 0) is 37.6 Å². The van der Waals surface area contributed by atoms with E-state index in [0.29, 0.717) is 12.8 Å². The molecule has 1 heterocycles. The van der Waals surface area contributed by atoms with E-state index >= 15 is 0 Å². The van der Waals surface area contributed by atoms with E-state index in [1.807, 2.05) is 7.05 Å². The summed E-state index contributed by atoms with van der Waals surface area (Å²) in [6, 6.07) is 0. The number of aliphatic carboxylic acids is 2. The van der Waals surface area contributed by atoms with Crippen LogP contribution in [0.15, 0.2) is 0 Å². The van der Waals surface area contributed by atoms with E-state index in [1.165, 1.54) is 0 Å². The van der Waals surface area contributed by atoms with Crippen LogP contribution in [-0.2, 0) is 9.59 Å². The van der Waals surface area contributed by atoms with E-state index in [2.05, 4.69) is 4.90 Å². The number of hydrogen-bond donors (Lipinski definition) is 2. The lowest BCUT2D eigenvalue weighted by molar-refractivity contribution is -0.148. The van der Waals surface area contributed by atoms with Gasteiger partial charge in [-0.15, -0.1) is 0 Å². The minimum Gasteiger partial charge on any atom is -0.481 e. The highest BCUT2D eigenvalue weighted by atomic mass is 16.4. The third-order valence-corrected chi connectivity index (χ3v) is 4.24. The highest BCUT2D eigenvalue weighted by molar-refractivity contribution is 5.70. The fraction of sp³-hybridized carbons (Fsp3) is 0.833. The molecule has 0 aromatic heterocycles. The SMILES string of the molecule is CN1CC2CC(C(=O)O)CC(C1)C2CC(=O)O. The Balaban J connectivity index is 2.11. The number of piperidine rings is 1. The monoisotopic (exact) mass is 241 g/mol. The first-order chi connectivity index (χ1) is 7.97. The van der Waals surface area contributed by atoms with Crippen LogP contribution in [0.3, 0.4) is 0 Å². The lowest BCUT2D eigenvalue weighted by atomic mass is 9.64.